The van der Waals surface area contributed by atoms with Gasteiger partial charge >= 0.3 is 7.60 Å². The van der Waals surface area contributed by atoms with E-state index < -0.39 is 13.4 Å². The summed E-state index contributed by atoms with van der Waals surface area (Å²) >= 11 is 0. The molecule has 0 fully saturated rings. The standard InChI is InChI=1S/C14H22NO3P/c1-4-12-15-14(13-10-8-7-9-11-13)19(16,17-5-2)18-6-3/h4,7-11,14-15H,1,5-6,12H2,2-3H3/t14-/m0/s1. The van der Waals surface area contributed by atoms with Gasteiger partial charge in [0.1, 0.15) is 5.78 Å². The van der Waals surface area contributed by atoms with Gasteiger partial charge < -0.3 is 9.05 Å². The molecule has 0 spiro atoms. The lowest BCUT2D eigenvalue weighted by Gasteiger charge is -2.27. The zero-order chi connectivity index (χ0) is 14.1. The van der Waals surface area contributed by atoms with Crippen molar-refractivity contribution in [3.05, 3.63) is 48.6 Å². The van der Waals surface area contributed by atoms with E-state index in [1.807, 2.05) is 30.3 Å². The number of hydrogen-bond acceptors (Lipinski definition) is 4. The number of nitrogens with one attached hydrogen (secondary N) is 1. The van der Waals surface area contributed by atoms with E-state index in [1.54, 1.807) is 19.9 Å². The Bertz CT molecular complexity index is 412. The third kappa shape index (κ3) is 4.59. The maximum absolute atomic E-state index is 12.9. The topological polar surface area (TPSA) is 47.6 Å². The van der Waals surface area contributed by atoms with E-state index in [-0.39, 0.29) is 0 Å². The van der Waals surface area contributed by atoms with Gasteiger partial charge in [0, 0.05) is 6.54 Å². The second-order valence-corrected chi connectivity index (χ2v) is 6.00. The van der Waals surface area contributed by atoms with Gasteiger partial charge in [0.15, 0.2) is 0 Å². The Kier molecular flexibility index (Phi) is 7.03. The molecule has 0 amide bonds. The molecule has 1 N–H and O–H groups in total. The van der Waals surface area contributed by atoms with Crippen LogP contribution in [0.15, 0.2) is 43.0 Å². The van der Waals surface area contributed by atoms with Crippen LogP contribution < -0.4 is 5.32 Å². The van der Waals surface area contributed by atoms with Crippen LogP contribution in [-0.2, 0) is 13.6 Å². The molecule has 19 heavy (non-hydrogen) atoms. The van der Waals surface area contributed by atoms with E-state index in [1.165, 1.54) is 0 Å². The molecule has 0 aliphatic rings. The molecule has 1 aromatic rings. The van der Waals surface area contributed by atoms with Gasteiger partial charge in [-0.25, -0.2) is 0 Å². The molecule has 1 aromatic carbocycles. The maximum atomic E-state index is 12.9. The summed E-state index contributed by atoms with van der Waals surface area (Å²) in [5, 5.41) is 3.16. The molecule has 0 bridgehead atoms. The molecule has 0 aliphatic heterocycles. The van der Waals surface area contributed by atoms with Crippen molar-refractivity contribution >= 4 is 7.60 Å². The lowest BCUT2D eigenvalue weighted by atomic mass is 10.2. The van der Waals surface area contributed by atoms with Gasteiger partial charge in [-0.3, -0.25) is 9.88 Å². The van der Waals surface area contributed by atoms with Crippen molar-refractivity contribution in [3.63, 3.8) is 0 Å². The van der Waals surface area contributed by atoms with E-state index >= 15 is 0 Å². The summed E-state index contributed by atoms with van der Waals surface area (Å²) in [5.41, 5.74) is 0.884. The van der Waals surface area contributed by atoms with Crippen LogP contribution >= 0.6 is 7.60 Å². The van der Waals surface area contributed by atoms with Crippen molar-refractivity contribution in [2.24, 2.45) is 0 Å². The summed E-state index contributed by atoms with van der Waals surface area (Å²) in [6.45, 7) is 8.50. The van der Waals surface area contributed by atoms with Crippen molar-refractivity contribution in [2.75, 3.05) is 19.8 Å². The second kappa shape index (κ2) is 8.28. The van der Waals surface area contributed by atoms with Crippen LogP contribution in [0.3, 0.4) is 0 Å². The average molecular weight is 283 g/mol. The Morgan fingerprint density at radius 1 is 1.26 bits per heavy atom. The van der Waals surface area contributed by atoms with Crippen LogP contribution in [-0.4, -0.2) is 19.8 Å². The monoisotopic (exact) mass is 283 g/mol. The molecule has 1 rings (SSSR count). The van der Waals surface area contributed by atoms with Gasteiger partial charge in [-0.05, 0) is 19.4 Å². The number of benzene rings is 1. The largest absolute Gasteiger partial charge is 0.351 e. The molecule has 0 saturated heterocycles. The molecule has 0 aliphatic carbocycles. The molecule has 0 heterocycles. The van der Waals surface area contributed by atoms with Crippen molar-refractivity contribution in [3.8, 4) is 0 Å². The Morgan fingerprint density at radius 2 is 1.84 bits per heavy atom. The van der Waals surface area contributed by atoms with Crippen LogP contribution in [0.25, 0.3) is 0 Å². The minimum atomic E-state index is -3.24. The van der Waals surface area contributed by atoms with Crippen LogP contribution in [0.1, 0.15) is 25.2 Å². The zero-order valence-corrected chi connectivity index (χ0v) is 12.4. The van der Waals surface area contributed by atoms with Crippen molar-refractivity contribution < 1.29 is 13.6 Å². The van der Waals surface area contributed by atoms with E-state index in [0.29, 0.717) is 19.8 Å². The van der Waals surface area contributed by atoms with Crippen LogP contribution in [0.2, 0.25) is 0 Å². The third-order valence-corrected chi connectivity index (χ3v) is 4.85. The lowest BCUT2D eigenvalue weighted by Crippen LogP contribution is -2.23. The van der Waals surface area contributed by atoms with Crippen molar-refractivity contribution in [2.45, 2.75) is 19.6 Å². The average Bonchev–Trinajstić information content (AvgIpc) is 2.41. The highest BCUT2D eigenvalue weighted by Gasteiger charge is 2.36. The summed E-state index contributed by atoms with van der Waals surface area (Å²) in [5.74, 6) is -0.480. The van der Waals surface area contributed by atoms with E-state index in [0.717, 1.165) is 5.56 Å². The fourth-order valence-corrected chi connectivity index (χ4v) is 3.75. The lowest BCUT2D eigenvalue weighted by molar-refractivity contribution is 0.208. The first-order valence-electron chi connectivity index (χ1n) is 6.46. The predicted octanol–water partition coefficient (Wildman–Crippen LogP) is 3.73. The normalized spacial score (nSPS) is 13.2. The van der Waals surface area contributed by atoms with Crippen LogP contribution in [0.4, 0.5) is 0 Å². The highest BCUT2D eigenvalue weighted by Crippen LogP contribution is 2.59. The second-order valence-electron chi connectivity index (χ2n) is 3.89. The minimum absolute atomic E-state index is 0.344. The predicted molar refractivity (Wildman–Crippen MR) is 78.2 cm³/mol. The van der Waals surface area contributed by atoms with Crippen molar-refractivity contribution in [1.29, 1.82) is 0 Å². The van der Waals surface area contributed by atoms with Gasteiger partial charge in [0.2, 0.25) is 0 Å². The molecule has 4 nitrogen and oxygen atoms in total. The Labute approximate surface area is 115 Å². The van der Waals surface area contributed by atoms with E-state index in [9.17, 15) is 4.57 Å². The molecule has 0 unspecified atom stereocenters. The van der Waals surface area contributed by atoms with E-state index in [4.69, 9.17) is 9.05 Å². The Hall–Kier alpha value is -0.930. The minimum Gasteiger partial charge on any atom is -0.308 e. The molecule has 0 aromatic heterocycles. The summed E-state index contributed by atoms with van der Waals surface area (Å²) < 4.78 is 23.7. The van der Waals surface area contributed by atoms with Crippen LogP contribution in [0, 0.1) is 0 Å². The highest BCUT2D eigenvalue weighted by molar-refractivity contribution is 7.54. The third-order valence-electron chi connectivity index (χ3n) is 2.51. The Balaban J connectivity index is 3.06. The van der Waals surface area contributed by atoms with Gasteiger partial charge in [-0.1, -0.05) is 36.4 Å². The summed E-state index contributed by atoms with van der Waals surface area (Å²) in [4.78, 5) is 0. The molecule has 0 saturated carbocycles. The first-order chi connectivity index (χ1) is 9.18. The number of rotatable bonds is 9. The maximum Gasteiger partial charge on any atom is 0.351 e. The van der Waals surface area contributed by atoms with Gasteiger partial charge in [0.25, 0.3) is 0 Å². The fraction of sp³-hybridized carbons (Fsp3) is 0.429. The zero-order valence-electron chi connectivity index (χ0n) is 11.5. The van der Waals surface area contributed by atoms with Crippen LogP contribution in [0.5, 0.6) is 0 Å². The molecular formula is C14H22NO3P. The molecular weight excluding hydrogens is 261 g/mol. The molecule has 0 radical (unpaired) electrons. The summed E-state index contributed by atoms with van der Waals surface area (Å²) in [6, 6.07) is 9.54. The van der Waals surface area contributed by atoms with E-state index in [2.05, 4.69) is 11.9 Å². The Morgan fingerprint density at radius 3 is 2.32 bits per heavy atom. The van der Waals surface area contributed by atoms with Gasteiger partial charge in [-0.15, -0.1) is 6.58 Å². The molecule has 5 heteroatoms. The SMILES string of the molecule is C=CCN[C@H](c1ccccc1)P(=O)(OCC)OCC. The fourth-order valence-electron chi connectivity index (χ4n) is 1.79. The summed E-state index contributed by atoms with van der Waals surface area (Å²) in [6.07, 6.45) is 1.72. The summed E-state index contributed by atoms with van der Waals surface area (Å²) in [7, 11) is -3.24. The first-order valence-corrected chi connectivity index (χ1v) is 8.07. The smallest absolute Gasteiger partial charge is 0.308 e. The van der Waals surface area contributed by atoms with Gasteiger partial charge in [-0.2, -0.15) is 0 Å². The first kappa shape index (κ1) is 16.1. The highest BCUT2D eigenvalue weighted by atomic mass is 31.2. The van der Waals surface area contributed by atoms with Gasteiger partial charge in [0.05, 0.1) is 13.2 Å². The quantitative estimate of drug-likeness (QED) is 0.554. The molecule has 106 valence electrons. The van der Waals surface area contributed by atoms with Crippen molar-refractivity contribution in [1.82, 2.24) is 5.32 Å². The number of hydrogen-bond donors (Lipinski definition) is 1. The molecule has 1 atom stereocenters.